The van der Waals surface area contributed by atoms with Crippen molar-refractivity contribution in [2.24, 2.45) is 0 Å². The molecule has 6 heteroatoms. The molecule has 0 saturated carbocycles. The van der Waals surface area contributed by atoms with Crippen LogP contribution in [0.1, 0.15) is 10.7 Å². The van der Waals surface area contributed by atoms with E-state index >= 15 is 0 Å². The summed E-state index contributed by atoms with van der Waals surface area (Å²) in [6.07, 6.45) is 5.87. The molecule has 0 aromatic carbocycles. The first-order valence-corrected chi connectivity index (χ1v) is 6.53. The van der Waals surface area contributed by atoms with Crippen LogP contribution in [0.25, 0.3) is 0 Å². The maximum Gasteiger partial charge on any atom is 0.186 e. The zero-order valence-corrected chi connectivity index (χ0v) is 10.6. The molecule has 3 rings (SSSR count). The van der Waals surface area contributed by atoms with Crippen molar-refractivity contribution in [2.45, 2.75) is 19.6 Å². The number of hydrogen-bond acceptors (Lipinski definition) is 5. The number of thiazole rings is 1. The lowest BCUT2D eigenvalue weighted by Crippen LogP contribution is -2.33. The molecule has 0 fully saturated rings. The summed E-state index contributed by atoms with van der Waals surface area (Å²) in [5.74, 6) is 1.13. The summed E-state index contributed by atoms with van der Waals surface area (Å²) in [4.78, 5) is 12.4. The second-order valence-electron chi connectivity index (χ2n) is 4.10. The molecule has 17 heavy (non-hydrogen) atoms. The third-order valence-electron chi connectivity index (χ3n) is 2.91. The monoisotopic (exact) mass is 249 g/mol. The van der Waals surface area contributed by atoms with E-state index in [1.807, 2.05) is 25.6 Å². The molecular formula is C11H15N5S. The first kappa shape index (κ1) is 10.7. The first-order chi connectivity index (χ1) is 8.36. The molecule has 3 heterocycles. The van der Waals surface area contributed by atoms with Crippen LogP contribution >= 0.6 is 11.3 Å². The smallest absolute Gasteiger partial charge is 0.186 e. The van der Waals surface area contributed by atoms with Crippen LogP contribution in [-0.4, -0.2) is 28.1 Å². The third-order valence-corrected chi connectivity index (χ3v) is 3.97. The second-order valence-corrected chi connectivity index (χ2v) is 5.19. The molecular weight excluding hydrogens is 234 g/mol. The Morgan fingerprint density at radius 2 is 2.35 bits per heavy atom. The SMILES string of the molecule is CNCc1cnc(N2CCn3ccnc3C2)s1. The summed E-state index contributed by atoms with van der Waals surface area (Å²) in [6, 6.07) is 0. The van der Waals surface area contributed by atoms with Crippen LogP contribution in [-0.2, 0) is 19.6 Å². The fraction of sp³-hybridized carbons (Fsp3) is 0.455. The average Bonchev–Trinajstić information content (AvgIpc) is 2.96. The number of nitrogens with one attached hydrogen (secondary N) is 1. The quantitative estimate of drug-likeness (QED) is 0.884. The minimum absolute atomic E-state index is 0.861. The molecule has 0 atom stereocenters. The van der Waals surface area contributed by atoms with E-state index in [1.165, 1.54) is 4.88 Å². The Morgan fingerprint density at radius 3 is 3.24 bits per heavy atom. The van der Waals surface area contributed by atoms with Gasteiger partial charge in [-0.05, 0) is 7.05 Å². The predicted octanol–water partition coefficient (Wildman–Crippen LogP) is 1.08. The highest BCUT2D eigenvalue weighted by Gasteiger charge is 2.19. The number of hydrogen-bond donors (Lipinski definition) is 1. The van der Waals surface area contributed by atoms with E-state index in [0.29, 0.717) is 0 Å². The Kier molecular flexibility index (Phi) is 2.82. The van der Waals surface area contributed by atoms with Gasteiger partial charge in [-0.1, -0.05) is 0 Å². The van der Waals surface area contributed by atoms with Crippen LogP contribution in [0.15, 0.2) is 18.6 Å². The lowest BCUT2D eigenvalue weighted by molar-refractivity contribution is 0.559. The van der Waals surface area contributed by atoms with E-state index in [0.717, 1.165) is 37.1 Å². The third kappa shape index (κ3) is 2.05. The fourth-order valence-electron chi connectivity index (χ4n) is 2.04. The highest BCUT2D eigenvalue weighted by molar-refractivity contribution is 7.15. The molecule has 2 aromatic rings. The molecule has 1 aliphatic heterocycles. The van der Waals surface area contributed by atoms with Crippen molar-refractivity contribution < 1.29 is 0 Å². The zero-order valence-electron chi connectivity index (χ0n) is 9.76. The maximum atomic E-state index is 4.48. The molecule has 5 nitrogen and oxygen atoms in total. The number of nitrogens with zero attached hydrogens (tertiary/aromatic N) is 4. The Balaban J connectivity index is 1.77. The van der Waals surface area contributed by atoms with Crippen molar-refractivity contribution >= 4 is 16.5 Å². The van der Waals surface area contributed by atoms with Gasteiger partial charge in [0.25, 0.3) is 0 Å². The number of fused-ring (bicyclic) bond motifs is 1. The zero-order chi connectivity index (χ0) is 11.7. The van der Waals surface area contributed by atoms with Gasteiger partial charge in [-0.2, -0.15) is 0 Å². The average molecular weight is 249 g/mol. The van der Waals surface area contributed by atoms with Gasteiger partial charge in [0, 0.05) is 43.1 Å². The topological polar surface area (TPSA) is 46.0 Å². The fourth-order valence-corrected chi connectivity index (χ4v) is 2.98. The lowest BCUT2D eigenvalue weighted by atomic mass is 10.4. The highest BCUT2D eigenvalue weighted by Crippen LogP contribution is 2.25. The summed E-state index contributed by atoms with van der Waals surface area (Å²) >= 11 is 1.76. The minimum atomic E-state index is 0.861. The maximum absolute atomic E-state index is 4.48. The molecule has 0 spiro atoms. The van der Waals surface area contributed by atoms with Gasteiger partial charge in [-0.3, -0.25) is 0 Å². The van der Waals surface area contributed by atoms with Gasteiger partial charge >= 0.3 is 0 Å². The van der Waals surface area contributed by atoms with Gasteiger partial charge < -0.3 is 14.8 Å². The lowest BCUT2D eigenvalue weighted by Gasteiger charge is -2.27. The number of imidazole rings is 1. The van der Waals surface area contributed by atoms with Gasteiger partial charge in [-0.15, -0.1) is 11.3 Å². The molecule has 0 radical (unpaired) electrons. The van der Waals surface area contributed by atoms with Crippen molar-refractivity contribution in [3.63, 3.8) is 0 Å². The predicted molar refractivity (Wildman–Crippen MR) is 68.2 cm³/mol. The van der Waals surface area contributed by atoms with Crippen LogP contribution in [0.3, 0.4) is 0 Å². The summed E-state index contributed by atoms with van der Waals surface area (Å²) in [5.41, 5.74) is 0. The standard InChI is InChI=1S/C11H15N5S/c1-12-6-9-7-14-11(17-9)16-5-4-15-3-2-13-10(15)8-16/h2-3,7,12H,4-6,8H2,1H3. The summed E-state index contributed by atoms with van der Waals surface area (Å²) in [7, 11) is 1.96. The summed E-state index contributed by atoms with van der Waals surface area (Å²) in [5, 5.41) is 4.25. The van der Waals surface area contributed by atoms with Crippen molar-refractivity contribution in [3.8, 4) is 0 Å². The molecule has 2 aromatic heterocycles. The molecule has 0 unspecified atom stereocenters. The molecule has 1 N–H and O–H groups in total. The van der Waals surface area contributed by atoms with Gasteiger partial charge in [0.1, 0.15) is 5.82 Å². The Bertz CT molecular complexity index is 503. The van der Waals surface area contributed by atoms with E-state index in [2.05, 4.69) is 24.8 Å². The normalized spacial score (nSPS) is 15.0. The van der Waals surface area contributed by atoms with Crippen LogP contribution < -0.4 is 10.2 Å². The van der Waals surface area contributed by atoms with Crippen LogP contribution in [0.4, 0.5) is 5.13 Å². The van der Waals surface area contributed by atoms with Crippen molar-refractivity contribution in [1.29, 1.82) is 0 Å². The minimum Gasteiger partial charge on any atom is -0.339 e. The number of rotatable bonds is 3. The van der Waals surface area contributed by atoms with Gasteiger partial charge in [0.15, 0.2) is 5.13 Å². The van der Waals surface area contributed by atoms with Crippen LogP contribution in [0.2, 0.25) is 0 Å². The number of anilines is 1. The molecule has 90 valence electrons. The van der Waals surface area contributed by atoms with Crippen molar-refractivity contribution in [1.82, 2.24) is 19.9 Å². The van der Waals surface area contributed by atoms with E-state index in [9.17, 15) is 0 Å². The largest absolute Gasteiger partial charge is 0.339 e. The molecule has 0 bridgehead atoms. The number of aromatic nitrogens is 3. The first-order valence-electron chi connectivity index (χ1n) is 5.71. The van der Waals surface area contributed by atoms with Gasteiger partial charge in [0.2, 0.25) is 0 Å². The molecule has 0 saturated heterocycles. The van der Waals surface area contributed by atoms with Gasteiger partial charge in [-0.25, -0.2) is 9.97 Å². The Labute approximate surface area is 104 Å². The second kappa shape index (κ2) is 4.46. The Morgan fingerprint density at radius 1 is 1.41 bits per heavy atom. The van der Waals surface area contributed by atoms with Crippen molar-refractivity contribution in [2.75, 3.05) is 18.5 Å². The van der Waals surface area contributed by atoms with E-state index in [4.69, 9.17) is 0 Å². The highest BCUT2D eigenvalue weighted by atomic mass is 32.1. The molecule has 0 aliphatic carbocycles. The summed E-state index contributed by atoms with van der Waals surface area (Å²) < 4.78 is 2.21. The van der Waals surface area contributed by atoms with Gasteiger partial charge in [0.05, 0.1) is 6.54 Å². The Hall–Kier alpha value is -1.40. The van der Waals surface area contributed by atoms with E-state index in [1.54, 1.807) is 11.3 Å². The van der Waals surface area contributed by atoms with Crippen LogP contribution in [0.5, 0.6) is 0 Å². The summed E-state index contributed by atoms with van der Waals surface area (Å²) in [6.45, 7) is 3.76. The van der Waals surface area contributed by atoms with Crippen LogP contribution in [0, 0.1) is 0 Å². The van der Waals surface area contributed by atoms with E-state index < -0.39 is 0 Å². The van der Waals surface area contributed by atoms with Crippen molar-refractivity contribution in [3.05, 3.63) is 29.3 Å². The molecule has 0 amide bonds. The molecule has 1 aliphatic rings. The van der Waals surface area contributed by atoms with E-state index in [-0.39, 0.29) is 0 Å².